The van der Waals surface area contributed by atoms with E-state index in [1.807, 2.05) is 12.1 Å². The van der Waals surface area contributed by atoms with Gasteiger partial charge in [-0.3, -0.25) is 4.79 Å². The first-order valence-corrected chi connectivity index (χ1v) is 8.34. The predicted molar refractivity (Wildman–Crippen MR) is 94.3 cm³/mol. The maximum Gasteiger partial charge on any atom is 0.306 e. The molecular formula is C18H14Cl2N2O3. The quantitative estimate of drug-likeness (QED) is 0.582. The second-order valence-corrected chi connectivity index (χ2v) is 6.18. The fourth-order valence-electron chi connectivity index (χ4n) is 2.10. The first-order valence-electron chi connectivity index (χ1n) is 7.59. The number of aromatic nitrogens is 2. The van der Waals surface area contributed by atoms with Crippen LogP contribution in [-0.4, -0.2) is 16.1 Å². The van der Waals surface area contributed by atoms with Gasteiger partial charge in [0.15, 0.2) is 0 Å². The maximum atomic E-state index is 11.8. The lowest BCUT2D eigenvalue weighted by molar-refractivity contribution is -0.145. The van der Waals surface area contributed by atoms with Crippen molar-refractivity contribution < 1.29 is 14.1 Å². The van der Waals surface area contributed by atoms with E-state index in [1.165, 1.54) is 0 Å². The van der Waals surface area contributed by atoms with Gasteiger partial charge in [-0.2, -0.15) is 4.98 Å². The smallest absolute Gasteiger partial charge is 0.306 e. The van der Waals surface area contributed by atoms with Crippen LogP contribution in [0.5, 0.6) is 0 Å². The van der Waals surface area contributed by atoms with E-state index in [9.17, 15) is 4.79 Å². The summed E-state index contributed by atoms with van der Waals surface area (Å²) >= 11 is 11.7. The summed E-state index contributed by atoms with van der Waals surface area (Å²) in [6.07, 6.45) is 0.482. The summed E-state index contributed by atoms with van der Waals surface area (Å²) in [5.74, 6) is 0.510. The van der Waals surface area contributed by atoms with Crippen LogP contribution in [0.1, 0.15) is 17.9 Å². The number of nitrogens with zero attached hydrogens (tertiary/aromatic N) is 2. The van der Waals surface area contributed by atoms with Gasteiger partial charge >= 0.3 is 5.97 Å². The predicted octanol–water partition coefficient (Wildman–Crippen LogP) is 4.72. The first-order chi connectivity index (χ1) is 12.1. The zero-order chi connectivity index (χ0) is 17.6. The van der Waals surface area contributed by atoms with Gasteiger partial charge in [-0.25, -0.2) is 0 Å². The highest BCUT2D eigenvalue weighted by atomic mass is 35.5. The minimum absolute atomic E-state index is 0.163. The van der Waals surface area contributed by atoms with Crippen LogP contribution < -0.4 is 0 Å². The van der Waals surface area contributed by atoms with Crippen molar-refractivity contribution in [1.29, 1.82) is 0 Å². The molecule has 128 valence electrons. The number of benzene rings is 2. The van der Waals surface area contributed by atoms with E-state index < -0.39 is 0 Å². The summed E-state index contributed by atoms with van der Waals surface area (Å²) in [7, 11) is 0. The van der Waals surface area contributed by atoms with Gasteiger partial charge in [-0.1, -0.05) is 40.5 Å². The third-order valence-electron chi connectivity index (χ3n) is 3.43. The van der Waals surface area contributed by atoms with E-state index in [1.54, 1.807) is 36.4 Å². The lowest BCUT2D eigenvalue weighted by atomic mass is 10.2. The van der Waals surface area contributed by atoms with Crippen molar-refractivity contribution in [3.8, 4) is 11.4 Å². The van der Waals surface area contributed by atoms with Crippen molar-refractivity contribution in [2.24, 2.45) is 0 Å². The number of aryl methyl sites for hydroxylation is 1. The molecule has 0 amide bonds. The summed E-state index contributed by atoms with van der Waals surface area (Å²) in [4.78, 5) is 16.1. The van der Waals surface area contributed by atoms with E-state index in [0.717, 1.165) is 11.1 Å². The molecule has 0 fully saturated rings. The summed E-state index contributed by atoms with van der Waals surface area (Å²) in [6.45, 7) is 0.204. The molecule has 3 rings (SSSR count). The Morgan fingerprint density at radius 2 is 1.64 bits per heavy atom. The Labute approximate surface area is 154 Å². The Morgan fingerprint density at radius 1 is 1.00 bits per heavy atom. The van der Waals surface area contributed by atoms with Gasteiger partial charge in [0, 0.05) is 22.0 Å². The number of ether oxygens (including phenoxy) is 1. The molecule has 0 saturated carbocycles. The normalized spacial score (nSPS) is 10.6. The van der Waals surface area contributed by atoms with Crippen LogP contribution in [0, 0.1) is 0 Å². The molecule has 0 N–H and O–H groups in total. The Morgan fingerprint density at radius 3 is 2.32 bits per heavy atom. The third-order valence-corrected chi connectivity index (χ3v) is 3.93. The molecule has 0 aliphatic carbocycles. The van der Waals surface area contributed by atoms with Crippen molar-refractivity contribution in [2.45, 2.75) is 19.4 Å². The highest BCUT2D eigenvalue weighted by Crippen LogP contribution is 2.19. The van der Waals surface area contributed by atoms with E-state index >= 15 is 0 Å². The topological polar surface area (TPSA) is 65.2 Å². The van der Waals surface area contributed by atoms with Crippen molar-refractivity contribution in [2.75, 3.05) is 0 Å². The number of rotatable bonds is 6. The standard InChI is InChI=1S/C18H14Cl2N2O3/c19-14-5-1-12(2-6-14)11-24-17(23)10-9-16-21-18(22-25-16)13-3-7-15(20)8-4-13/h1-8H,9-11H2. The first kappa shape index (κ1) is 17.5. The van der Waals surface area contributed by atoms with Crippen LogP contribution in [0.25, 0.3) is 11.4 Å². The second kappa shape index (κ2) is 8.14. The Balaban J connectivity index is 1.49. The van der Waals surface area contributed by atoms with Crippen molar-refractivity contribution in [3.05, 3.63) is 70.0 Å². The summed E-state index contributed by atoms with van der Waals surface area (Å²) in [5.41, 5.74) is 1.67. The number of hydrogen-bond donors (Lipinski definition) is 0. The molecule has 1 heterocycles. The van der Waals surface area contributed by atoms with Gasteiger partial charge < -0.3 is 9.26 Å². The monoisotopic (exact) mass is 376 g/mol. The van der Waals surface area contributed by atoms with E-state index in [-0.39, 0.29) is 19.0 Å². The third kappa shape index (κ3) is 5.05. The van der Waals surface area contributed by atoms with Crippen LogP contribution in [-0.2, 0) is 22.6 Å². The summed E-state index contributed by atoms with van der Waals surface area (Å²) in [5, 5.41) is 5.18. The van der Waals surface area contributed by atoms with Gasteiger partial charge in [0.1, 0.15) is 6.61 Å². The molecule has 0 radical (unpaired) electrons. The lowest BCUT2D eigenvalue weighted by Crippen LogP contribution is -2.06. The minimum atomic E-state index is -0.332. The molecule has 1 aromatic heterocycles. The molecule has 0 unspecified atom stereocenters. The van der Waals surface area contributed by atoms with Crippen molar-refractivity contribution in [3.63, 3.8) is 0 Å². The summed E-state index contributed by atoms with van der Waals surface area (Å²) in [6, 6.07) is 14.2. The minimum Gasteiger partial charge on any atom is -0.461 e. The Hall–Kier alpha value is -2.37. The molecule has 2 aromatic carbocycles. The van der Waals surface area contributed by atoms with E-state index in [2.05, 4.69) is 10.1 Å². The van der Waals surface area contributed by atoms with Crippen LogP contribution in [0.15, 0.2) is 53.1 Å². The fourth-order valence-corrected chi connectivity index (χ4v) is 2.35. The number of esters is 1. The molecule has 0 spiro atoms. The second-order valence-electron chi connectivity index (χ2n) is 5.31. The average Bonchev–Trinajstić information content (AvgIpc) is 3.09. The Bertz CT molecular complexity index is 846. The maximum absolute atomic E-state index is 11.8. The van der Waals surface area contributed by atoms with Gasteiger partial charge in [0.25, 0.3) is 0 Å². The number of carbonyl (C=O) groups excluding carboxylic acids is 1. The van der Waals surface area contributed by atoms with Gasteiger partial charge in [0.05, 0.1) is 6.42 Å². The zero-order valence-electron chi connectivity index (χ0n) is 13.1. The lowest BCUT2D eigenvalue weighted by Gasteiger charge is -2.04. The number of halogens is 2. The molecule has 0 aliphatic rings. The molecule has 0 bridgehead atoms. The highest BCUT2D eigenvalue weighted by Gasteiger charge is 2.11. The zero-order valence-corrected chi connectivity index (χ0v) is 14.6. The molecule has 0 aliphatic heterocycles. The molecular weight excluding hydrogens is 363 g/mol. The fraction of sp³-hybridized carbons (Fsp3) is 0.167. The molecule has 0 saturated heterocycles. The average molecular weight is 377 g/mol. The van der Waals surface area contributed by atoms with Gasteiger partial charge in [-0.05, 0) is 42.0 Å². The van der Waals surface area contributed by atoms with Crippen LogP contribution in [0.3, 0.4) is 0 Å². The number of hydrogen-bond acceptors (Lipinski definition) is 5. The molecule has 0 atom stereocenters. The van der Waals surface area contributed by atoms with Crippen LogP contribution in [0.2, 0.25) is 10.0 Å². The van der Waals surface area contributed by atoms with Crippen LogP contribution in [0.4, 0.5) is 0 Å². The van der Waals surface area contributed by atoms with E-state index in [4.69, 9.17) is 32.5 Å². The molecule has 25 heavy (non-hydrogen) atoms. The molecule has 3 aromatic rings. The van der Waals surface area contributed by atoms with Crippen LogP contribution >= 0.6 is 23.2 Å². The van der Waals surface area contributed by atoms with Crippen molar-refractivity contribution >= 4 is 29.2 Å². The molecule has 7 heteroatoms. The van der Waals surface area contributed by atoms with Gasteiger partial charge in [-0.15, -0.1) is 0 Å². The van der Waals surface area contributed by atoms with E-state index in [0.29, 0.717) is 28.2 Å². The number of carbonyl (C=O) groups is 1. The Kier molecular flexibility index (Phi) is 5.68. The van der Waals surface area contributed by atoms with Crippen molar-refractivity contribution in [1.82, 2.24) is 10.1 Å². The highest BCUT2D eigenvalue weighted by molar-refractivity contribution is 6.30. The molecule has 5 nitrogen and oxygen atoms in total. The van der Waals surface area contributed by atoms with Gasteiger partial charge in [0.2, 0.25) is 11.7 Å². The largest absolute Gasteiger partial charge is 0.461 e. The summed E-state index contributed by atoms with van der Waals surface area (Å²) < 4.78 is 10.4. The SMILES string of the molecule is O=C(CCc1nc(-c2ccc(Cl)cc2)no1)OCc1ccc(Cl)cc1.